The molecule has 2 bridgehead atoms. The van der Waals surface area contributed by atoms with Crippen LogP contribution in [0.2, 0.25) is 0 Å². The predicted octanol–water partition coefficient (Wildman–Crippen LogP) is 2.11. The molecule has 0 radical (unpaired) electrons. The summed E-state index contributed by atoms with van der Waals surface area (Å²) in [6.45, 7) is 0. The van der Waals surface area contributed by atoms with E-state index in [0.29, 0.717) is 17.8 Å². The summed E-state index contributed by atoms with van der Waals surface area (Å²) in [5, 5.41) is 22.6. The Bertz CT molecular complexity index is 839. The SMILES string of the molecule is [O-][n+]1ccc(C2=CC3C4CC2C=CC34c2cc[n+]([O-])cc2)cc1. The molecule has 0 spiro atoms. The summed E-state index contributed by atoms with van der Waals surface area (Å²) in [6, 6.07) is 7.70. The molecule has 3 aliphatic rings. The van der Waals surface area contributed by atoms with Gasteiger partial charge in [-0.2, -0.15) is 9.46 Å². The molecule has 4 unspecified atom stereocenters. The molecule has 0 aromatic carbocycles. The number of fused-ring (bicyclic) bond motifs is 2. The van der Waals surface area contributed by atoms with Crippen LogP contribution in [0, 0.1) is 28.2 Å². The van der Waals surface area contributed by atoms with Gasteiger partial charge >= 0.3 is 0 Å². The van der Waals surface area contributed by atoms with Gasteiger partial charge in [0, 0.05) is 35.6 Å². The number of hydrogen-bond acceptors (Lipinski definition) is 2. The van der Waals surface area contributed by atoms with Crippen molar-refractivity contribution in [1.29, 1.82) is 0 Å². The molecule has 0 amide bonds. The van der Waals surface area contributed by atoms with Gasteiger partial charge in [0.25, 0.3) is 0 Å². The minimum Gasteiger partial charge on any atom is -0.619 e. The summed E-state index contributed by atoms with van der Waals surface area (Å²) >= 11 is 0. The van der Waals surface area contributed by atoms with Crippen LogP contribution in [0.4, 0.5) is 0 Å². The minimum absolute atomic E-state index is 0.0692. The topological polar surface area (TPSA) is 53.9 Å². The zero-order chi connectivity index (χ0) is 15.6. The maximum atomic E-state index is 11.3. The first-order valence-electron chi connectivity index (χ1n) is 7.98. The van der Waals surface area contributed by atoms with E-state index in [9.17, 15) is 10.4 Å². The molecular formula is C19H16N2O2. The van der Waals surface area contributed by atoms with Crippen molar-refractivity contribution in [3.05, 3.63) is 88.8 Å². The maximum Gasteiger partial charge on any atom is 0.180 e. The average Bonchev–Trinajstić information content (AvgIpc) is 3.27. The summed E-state index contributed by atoms with van der Waals surface area (Å²) in [5.41, 5.74) is 3.77. The maximum absolute atomic E-state index is 11.3. The van der Waals surface area contributed by atoms with E-state index in [1.807, 2.05) is 24.3 Å². The Labute approximate surface area is 134 Å². The van der Waals surface area contributed by atoms with Gasteiger partial charge in [-0.1, -0.05) is 18.2 Å². The van der Waals surface area contributed by atoms with Crippen LogP contribution in [0.5, 0.6) is 0 Å². The van der Waals surface area contributed by atoms with E-state index in [1.165, 1.54) is 11.1 Å². The van der Waals surface area contributed by atoms with Gasteiger partial charge in [0.2, 0.25) is 0 Å². The molecule has 23 heavy (non-hydrogen) atoms. The third-order valence-corrected chi connectivity index (χ3v) is 5.80. The minimum atomic E-state index is 0.0692. The number of aromatic nitrogens is 2. The lowest BCUT2D eigenvalue weighted by Gasteiger charge is -2.24. The third-order valence-electron chi connectivity index (χ3n) is 5.80. The van der Waals surface area contributed by atoms with Crippen LogP contribution in [-0.2, 0) is 5.41 Å². The molecule has 4 heteroatoms. The van der Waals surface area contributed by atoms with Crippen molar-refractivity contribution in [2.75, 3.05) is 0 Å². The van der Waals surface area contributed by atoms with E-state index in [2.05, 4.69) is 18.2 Å². The number of rotatable bonds is 2. The van der Waals surface area contributed by atoms with E-state index in [4.69, 9.17) is 0 Å². The van der Waals surface area contributed by atoms with E-state index < -0.39 is 0 Å². The zero-order valence-electron chi connectivity index (χ0n) is 12.5. The van der Waals surface area contributed by atoms with Crippen LogP contribution in [0.15, 0.2) is 67.3 Å². The lowest BCUT2D eigenvalue weighted by Crippen LogP contribution is -2.25. The van der Waals surface area contributed by atoms with Crippen molar-refractivity contribution in [1.82, 2.24) is 0 Å². The second-order valence-electron chi connectivity index (χ2n) is 6.78. The fourth-order valence-corrected chi connectivity index (χ4v) is 4.64. The van der Waals surface area contributed by atoms with E-state index in [0.717, 1.165) is 21.4 Å². The standard InChI is InChI=1S/C19H16N2O2/c22-20-7-2-13(3-8-20)16-12-18-17-11-14(16)1-6-19(17,18)15-4-9-21(23)10-5-15/h1-10,12,14,17-18H,11H2. The fraction of sp³-hybridized carbons (Fsp3) is 0.263. The van der Waals surface area contributed by atoms with Crippen LogP contribution >= 0.6 is 0 Å². The molecule has 4 atom stereocenters. The molecule has 1 saturated carbocycles. The second-order valence-corrected chi connectivity index (χ2v) is 6.78. The molecular weight excluding hydrogens is 288 g/mol. The molecule has 4 nitrogen and oxygen atoms in total. The summed E-state index contributed by atoms with van der Waals surface area (Å²) in [6.07, 6.45) is 14.5. The molecule has 1 fully saturated rings. The van der Waals surface area contributed by atoms with E-state index in [-0.39, 0.29) is 5.41 Å². The summed E-state index contributed by atoms with van der Waals surface area (Å²) < 4.78 is 1.66. The van der Waals surface area contributed by atoms with Gasteiger partial charge in [0.1, 0.15) is 0 Å². The van der Waals surface area contributed by atoms with Gasteiger partial charge in [-0.05, 0) is 35.0 Å². The lowest BCUT2D eigenvalue weighted by molar-refractivity contribution is -0.605. The van der Waals surface area contributed by atoms with Gasteiger partial charge in [-0.15, -0.1) is 0 Å². The Morgan fingerprint density at radius 3 is 2.30 bits per heavy atom. The fourth-order valence-electron chi connectivity index (χ4n) is 4.64. The number of pyridine rings is 2. The largest absolute Gasteiger partial charge is 0.619 e. The van der Waals surface area contributed by atoms with Crippen LogP contribution in [0.25, 0.3) is 5.57 Å². The van der Waals surface area contributed by atoms with E-state index >= 15 is 0 Å². The van der Waals surface area contributed by atoms with Crippen molar-refractivity contribution in [3.8, 4) is 0 Å². The smallest absolute Gasteiger partial charge is 0.180 e. The highest BCUT2D eigenvalue weighted by atomic mass is 16.5. The summed E-state index contributed by atoms with van der Waals surface area (Å²) in [5.74, 6) is 1.56. The molecule has 2 aromatic heterocycles. The van der Waals surface area contributed by atoms with Gasteiger partial charge < -0.3 is 10.4 Å². The highest BCUT2D eigenvalue weighted by Crippen LogP contribution is 2.70. The van der Waals surface area contributed by atoms with Gasteiger partial charge in [0.05, 0.1) is 0 Å². The Hall–Kier alpha value is -2.62. The number of allylic oxidation sites excluding steroid dienone is 4. The van der Waals surface area contributed by atoms with Gasteiger partial charge in [-0.25, -0.2) is 0 Å². The first-order valence-corrected chi connectivity index (χ1v) is 7.98. The molecule has 0 aliphatic heterocycles. The number of hydrogen-bond donors (Lipinski definition) is 0. The highest BCUT2D eigenvalue weighted by Gasteiger charge is 2.66. The lowest BCUT2D eigenvalue weighted by atomic mass is 9.80. The third kappa shape index (κ3) is 1.66. The Kier molecular flexibility index (Phi) is 2.36. The molecule has 3 aliphatic carbocycles. The average molecular weight is 304 g/mol. The van der Waals surface area contributed by atoms with Crippen LogP contribution < -0.4 is 9.46 Å². The predicted molar refractivity (Wildman–Crippen MR) is 84.7 cm³/mol. The van der Waals surface area contributed by atoms with Crippen molar-refractivity contribution < 1.29 is 9.46 Å². The number of nitrogens with zero attached hydrogens (tertiary/aromatic N) is 2. The van der Waals surface area contributed by atoms with Gasteiger partial charge in [-0.3, -0.25) is 0 Å². The molecule has 5 rings (SSSR count). The van der Waals surface area contributed by atoms with Crippen molar-refractivity contribution >= 4 is 5.57 Å². The molecule has 2 heterocycles. The Morgan fingerprint density at radius 2 is 1.61 bits per heavy atom. The summed E-state index contributed by atoms with van der Waals surface area (Å²) in [7, 11) is 0. The second kappa shape index (κ2) is 4.22. The van der Waals surface area contributed by atoms with Crippen molar-refractivity contribution in [2.24, 2.45) is 17.8 Å². The molecule has 2 aromatic rings. The monoisotopic (exact) mass is 304 g/mol. The highest BCUT2D eigenvalue weighted by molar-refractivity contribution is 5.74. The molecule has 0 N–H and O–H groups in total. The van der Waals surface area contributed by atoms with Gasteiger partial charge in [0.15, 0.2) is 24.8 Å². The van der Waals surface area contributed by atoms with Crippen LogP contribution in [0.3, 0.4) is 0 Å². The first-order chi connectivity index (χ1) is 11.2. The van der Waals surface area contributed by atoms with E-state index in [1.54, 1.807) is 24.8 Å². The Balaban J connectivity index is 1.57. The first kappa shape index (κ1) is 12.9. The normalized spacial score (nSPS) is 33.2. The Morgan fingerprint density at radius 1 is 0.957 bits per heavy atom. The molecule has 0 saturated heterocycles. The molecule has 114 valence electrons. The van der Waals surface area contributed by atoms with Crippen LogP contribution in [0.1, 0.15) is 17.5 Å². The zero-order valence-corrected chi connectivity index (χ0v) is 12.5. The summed E-state index contributed by atoms with van der Waals surface area (Å²) in [4.78, 5) is 0. The van der Waals surface area contributed by atoms with Crippen LogP contribution in [-0.4, -0.2) is 0 Å². The quantitative estimate of drug-likeness (QED) is 0.485. The van der Waals surface area contributed by atoms with Crippen molar-refractivity contribution in [2.45, 2.75) is 11.8 Å². The van der Waals surface area contributed by atoms with Crippen molar-refractivity contribution in [3.63, 3.8) is 0 Å².